The van der Waals surface area contributed by atoms with Gasteiger partial charge in [-0.25, -0.2) is 0 Å². The smallest absolute Gasteiger partial charge is 0.322 e. The second kappa shape index (κ2) is 8.83. The van der Waals surface area contributed by atoms with Gasteiger partial charge in [0.05, 0.1) is 11.3 Å². The lowest BCUT2D eigenvalue weighted by atomic mass is 10.1. The molecule has 0 saturated carbocycles. The van der Waals surface area contributed by atoms with Gasteiger partial charge in [0.25, 0.3) is 5.91 Å². The normalized spacial score (nSPS) is 17.7. The zero-order valence-corrected chi connectivity index (χ0v) is 18.9. The summed E-state index contributed by atoms with van der Waals surface area (Å²) in [5.74, 6) is -0.0342. The fourth-order valence-corrected chi connectivity index (χ4v) is 5.58. The van der Waals surface area contributed by atoms with Gasteiger partial charge in [0.1, 0.15) is 5.37 Å². The number of halogens is 3. The van der Waals surface area contributed by atoms with E-state index in [2.05, 4.69) is 17.4 Å². The maximum Gasteiger partial charge on any atom is 0.416 e. The van der Waals surface area contributed by atoms with Crippen molar-refractivity contribution < 1.29 is 22.8 Å². The molecule has 0 spiro atoms. The minimum Gasteiger partial charge on any atom is -0.322 e. The average molecular weight is 483 g/mol. The molecule has 8 heteroatoms. The van der Waals surface area contributed by atoms with Crippen molar-refractivity contribution in [3.63, 3.8) is 0 Å². The summed E-state index contributed by atoms with van der Waals surface area (Å²) >= 11 is 1.56. The number of rotatable bonds is 4. The topological polar surface area (TPSA) is 49.4 Å². The van der Waals surface area contributed by atoms with Crippen LogP contribution in [0.5, 0.6) is 0 Å². The van der Waals surface area contributed by atoms with Crippen LogP contribution in [-0.4, -0.2) is 17.6 Å². The van der Waals surface area contributed by atoms with Crippen LogP contribution in [0.1, 0.15) is 44.4 Å². The summed E-state index contributed by atoms with van der Waals surface area (Å²) in [6.07, 6.45) is -1.18. The number of thioether (sulfide) groups is 1. The summed E-state index contributed by atoms with van der Waals surface area (Å²) in [5, 5.41) is 2.55. The quantitative estimate of drug-likeness (QED) is 0.480. The molecule has 1 aliphatic heterocycles. The molecule has 2 amide bonds. The first kappa shape index (κ1) is 22.5. The van der Waals surface area contributed by atoms with Gasteiger partial charge in [-0.05, 0) is 84.5 Å². The Morgan fingerprint density at radius 2 is 1.65 bits per heavy atom. The molecule has 3 aromatic rings. The molecule has 1 fully saturated rings. The van der Waals surface area contributed by atoms with E-state index >= 15 is 0 Å². The number of alkyl halides is 3. The number of fused-ring (bicyclic) bond motifs is 1. The van der Waals surface area contributed by atoms with Gasteiger partial charge in [-0.2, -0.15) is 13.2 Å². The Morgan fingerprint density at radius 1 is 0.941 bits per heavy atom. The summed E-state index contributed by atoms with van der Waals surface area (Å²) in [6.45, 7) is 0. The molecule has 1 aliphatic carbocycles. The predicted molar refractivity (Wildman–Crippen MR) is 127 cm³/mol. The van der Waals surface area contributed by atoms with Crippen molar-refractivity contribution >= 4 is 35.0 Å². The van der Waals surface area contributed by atoms with Gasteiger partial charge in [-0.15, -0.1) is 11.8 Å². The number of anilines is 2. The maximum absolute atomic E-state index is 12.7. The second-order valence-electron chi connectivity index (χ2n) is 8.38. The van der Waals surface area contributed by atoms with Gasteiger partial charge in [0, 0.05) is 16.9 Å². The van der Waals surface area contributed by atoms with Gasteiger partial charge in [0.2, 0.25) is 5.91 Å². The highest BCUT2D eigenvalue weighted by atomic mass is 32.2. The molecule has 1 N–H and O–H groups in total. The fraction of sp³-hybridized carbons (Fsp3) is 0.231. The Labute approximate surface area is 199 Å². The molecular formula is C26H21F3N2O2S. The molecule has 5 rings (SSSR count). The van der Waals surface area contributed by atoms with Crippen molar-refractivity contribution in [2.24, 2.45) is 0 Å². The van der Waals surface area contributed by atoms with Gasteiger partial charge in [-0.1, -0.05) is 18.2 Å². The second-order valence-corrected chi connectivity index (χ2v) is 9.45. The van der Waals surface area contributed by atoms with E-state index in [9.17, 15) is 22.8 Å². The standard InChI is InChI=1S/C26H21F3N2O2S/c27-26(28,29)20-9-4-17(5-10-20)24(33)30-21-11-6-18(7-12-21)25-31(23(32)15-34-25)22-13-8-16-2-1-3-19(16)14-22/h4-14,25H,1-3,15H2,(H,30,33)/t25-/m0/s1. The zero-order chi connectivity index (χ0) is 23.9. The van der Waals surface area contributed by atoms with Crippen molar-refractivity contribution in [3.05, 3.63) is 94.5 Å². The summed E-state index contributed by atoms with van der Waals surface area (Å²) in [5.41, 5.74) is 4.35. The van der Waals surface area contributed by atoms with Gasteiger partial charge in [0.15, 0.2) is 0 Å². The lowest BCUT2D eigenvalue weighted by Gasteiger charge is -2.25. The molecule has 1 heterocycles. The first-order chi connectivity index (χ1) is 16.3. The lowest BCUT2D eigenvalue weighted by molar-refractivity contribution is -0.137. The maximum atomic E-state index is 12.7. The Balaban J connectivity index is 1.30. The largest absolute Gasteiger partial charge is 0.416 e. The first-order valence-corrected chi connectivity index (χ1v) is 12.0. The van der Waals surface area contributed by atoms with E-state index in [0.29, 0.717) is 11.4 Å². The highest BCUT2D eigenvalue weighted by Crippen LogP contribution is 2.43. The molecule has 1 saturated heterocycles. The van der Waals surface area contributed by atoms with Gasteiger partial charge in [-0.3, -0.25) is 14.5 Å². The predicted octanol–water partition coefficient (Wildman–Crippen LogP) is 6.23. The monoisotopic (exact) mass is 482 g/mol. The number of hydrogen-bond acceptors (Lipinski definition) is 3. The minimum atomic E-state index is -4.45. The molecule has 0 radical (unpaired) electrons. The molecule has 0 aromatic heterocycles. The average Bonchev–Trinajstić information content (AvgIpc) is 3.45. The molecule has 174 valence electrons. The number of nitrogens with one attached hydrogen (secondary N) is 1. The van der Waals surface area contributed by atoms with E-state index in [1.807, 2.05) is 23.1 Å². The number of nitrogens with zero attached hydrogens (tertiary/aromatic N) is 1. The minimum absolute atomic E-state index is 0.0626. The summed E-state index contributed by atoms with van der Waals surface area (Å²) in [6, 6.07) is 17.5. The zero-order valence-electron chi connectivity index (χ0n) is 18.1. The van der Waals surface area contributed by atoms with Crippen LogP contribution in [0.4, 0.5) is 24.5 Å². The van der Waals surface area contributed by atoms with Crippen LogP contribution >= 0.6 is 11.8 Å². The SMILES string of the molecule is O=C(Nc1ccc([C@@H]2SCC(=O)N2c2ccc3c(c2)CCC3)cc1)c1ccc(C(F)(F)F)cc1. The molecule has 3 aromatic carbocycles. The number of hydrogen-bond donors (Lipinski definition) is 1. The van der Waals surface area contributed by atoms with Crippen LogP contribution in [0.25, 0.3) is 0 Å². The van der Waals surface area contributed by atoms with Crippen molar-refractivity contribution in [2.45, 2.75) is 30.8 Å². The highest BCUT2D eigenvalue weighted by molar-refractivity contribution is 8.00. The Morgan fingerprint density at radius 3 is 2.35 bits per heavy atom. The first-order valence-electron chi connectivity index (χ1n) is 10.9. The number of benzene rings is 3. The summed E-state index contributed by atoms with van der Waals surface area (Å²) in [7, 11) is 0. The van der Waals surface area contributed by atoms with E-state index in [1.165, 1.54) is 11.1 Å². The van der Waals surface area contributed by atoms with Crippen LogP contribution in [0.3, 0.4) is 0 Å². The third-order valence-electron chi connectivity index (χ3n) is 6.16. The summed E-state index contributed by atoms with van der Waals surface area (Å²) in [4.78, 5) is 27.0. The lowest BCUT2D eigenvalue weighted by Crippen LogP contribution is -2.27. The molecule has 4 nitrogen and oxygen atoms in total. The molecule has 34 heavy (non-hydrogen) atoms. The van der Waals surface area contributed by atoms with Gasteiger partial charge >= 0.3 is 6.18 Å². The van der Waals surface area contributed by atoms with E-state index in [-0.39, 0.29) is 16.8 Å². The molecular weight excluding hydrogens is 461 g/mol. The number of carbonyl (C=O) groups excluding carboxylic acids is 2. The van der Waals surface area contributed by atoms with Crippen molar-refractivity contribution in [1.82, 2.24) is 0 Å². The van der Waals surface area contributed by atoms with Crippen LogP contribution in [0, 0.1) is 0 Å². The number of aryl methyl sites for hydroxylation is 2. The van der Waals surface area contributed by atoms with E-state index in [4.69, 9.17) is 0 Å². The summed E-state index contributed by atoms with van der Waals surface area (Å²) < 4.78 is 38.2. The van der Waals surface area contributed by atoms with E-state index < -0.39 is 17.6 Å². The van der Waals surface area contributed by atoms with Crippen LogP contribution in [-0.2, 0) is 23.8 Å². The van der Waals surface area contributed by atoms with Gasteiger partial charge < -0.3 is 5.32 Å². The number of amides is 2. The van der Waals surface area contributed by atoms with E-state index in [1.54, 1.807) is 23.9 Å². The third-order valence-corrected chi connectivity index (χ3v) is 7.37. The highest BCUT2D eigenvalue weighted by Gasteiger charge is 2.34. The van der Waals surface area contributed by atoms with E-state index in [0.717, 1.165) is 54.8 Å². The Kier molecular flexibility index (Phi) is 5.85. The molecule has 0 unspecified atom stereocenters. The molecule has 2 aliphatic rings. The van der Waals surface area contributed by atoms with Crippen molar-refractivity contribution in [3.8, 4) is 0 Å². The Bertz CT molecular complexity index is 1240. The third kappa shape index (κ3) is 4.42. The number of carbonyl (C=O) groups is 2. The molecule has 0 bridgehead atoms. The van der Waals surface area contributed by atoms with Crippen molar-refractivity contribution in [2.75, 3.05) is 16.0 Å². The fourth-order valence-electron chi connectivity index (χ4n) is 4.40. The van der Waals surface area contributed by atoms with Crippen molar-refractivity contribution in [1.29, 1.82) is 0 Å². The van der Waals surface area contributed by atoms with Crippen LogP contribution in [0.2, 0.25) is 0 Å². The molecule has 1 atom stereocenters. The Hall–Kier alpha value is -3.26. The van der Waals surface area contributed by atoms with Crippen LogP contribution < -0.4 is 10.2 Å². The van der Waals surface area contributed by atoms with Crippen LogP contribution in [0.15, 0.2) is 66.7 Å².